The Kier molecular flexibility index (Phi) is 17.4. The standard InChI is InChI=1S/C25H20F34N2O5S3/c1-3-60(68(63,64)24(56,57)20(46,47)16(38,39)12(30,31)10(26,27)14(34,35)18(42,43)22(50,51)52)5-9(7-62,8-67)6-61(4-2)69(65,66)25(58,59)21(48,49)17(40,41)13(32,33)11(28,29)15(36,37)19(44,45)23(53,54)55/h62,67H,3-8H2,1-2H3. The van der Waals surface area contributed by atoms with E-state index >= 15 is 0 Å². The summed E-state index contributed by atoms with van der Waals surface area (Å²) in [5.41, 5.74) is -3.86. The minimum atomic E-state index is -9.41. The van der Waals surface area contributed by atoms with E-state index in [2.05, 4.69) is 12.6 Å². The van der Waals surface area contributed by atoms with Gasteiger partial charge in [0, 0.05) is 37.3 Å². The number of aliphatic hydroxyl groups excluding tert-OH is 1. The molecule has 0 rings (SSSR count). The monoisotopic (exact) mass is 1170 g/mol. The fraction of sp³-hybridized carbons (Fsp3) is 1.00. The molecule has 0 aromatic carbocycles. The van der Waals surface area contributed by atoms with Gasteiger partial charge in [-0.15, -0.1) is 0 Å². The van der Waals surface area contributed by atoms with Crippen LogP contribution in [0.25, 0.3) is 0 Å². The summed E-state index contributed by atoms with van der Waals surface area (Å²) in [7, 11) is -17.0. The minimum Gasteiger partial charge on any atom is -0.396 e. The molecule has 0 fully saturated rings. The van der Waals surface area contributed by atoms with Crippen molar-refractivity contribution in [2.24, 2.45) is 5.41 Å². The van der Waals surface area contributed by atoms with Crippen molar-refractivity contribution in [3.63, 3.8) is 0 Å². The van der Waals surface area contributed by atoms with Gasteiger partial charge < -0.3 is 5.11 Å². The van der Waals surface area contributed by atoms with Gasteiger partial charge in [-0.2, -0.15) is 171 Å². The van der Waals surface area contributed by atoms with Crippen LogP contribution in [0.3, 0.4) is 0 Å². The van der Waals surface area contributed by atoms with E-state index in [1.165, 1.54) is 0 Å². The topological polar surface area (TPSA) is 95.0 Å². The molecular weight excluding hydrogens is 1150 g/mol. The lowest BCUT2D eigenvalue weighted by Gasteiger charge is -2.44. The van der Waals surface area contributed by atoms with Crippen molar-refractivity contribution in [2.45, 2.75) is 108 Å². The lowest BCUT2D eigenvalue weighted by atomic mass is 9.91. The minimum absolute atomic E-state index is 0.0811. The van der Waals surface area contributed by atoms with Crippen LogP contribution in [0, 0.1) is 5.41 Å². The van der Waals surface area contributed by atoms with E-state index in [1.54, 1.807) is 0 Å². The molecule has 0 bridgehead atoms. The molecule has 69 heavy (non-hydrogen) atoms. The van der Waals surface area contributed by atoms with Crippen molar-refractivity contribution >= 4 is 32.7 Å². The number of alkyl halides is 34. The van der Waals surface area contributed by atoms with Crippen LogP contribution in [0.2, 0.25) is 0 Å². The van der Waals surface area contributed by atoms with Crippen LogP contribution in [0.5, 0.6) is 0 Å². The van der Waals surface area contributed by atoms with E-state index < -0.39 is 167 Å². The fourth-order valence-corrected chi connectivity index (χ4v) is 8.15. The summed E-state index contributed by atoms with van der Waals surface area (Å²) in [6.45, 7) is -13.0. The highest BCUT2D eigenvalue weighted by Gasteiger charge is 2.98. The number of thiol groups is 1. The number of rotatable bonds is 24. The van der Waals surface area contributed by atoms with Gasteiger partial charge in [0.25, 0.3) is 20.0 Å². The first-order chi connectivity index (χ1) is 29.5. The lowest BCUT2D eigenvalue weighted by Crippen LogP contribution is -2.75. The Balaban J connectivity index is 7.73. The van der Waals surface area contributed by atoms with Crippen LogP contribution < -0.4 is 0 Å². The van der Waals surface area contributed by atoms with Crippen LogP contribution in [0.4, 0.5) is 149 Å². The summed E-state index contributed by atoms with van der Waals surface area (Å²) < 4.78 is 516. The molecule has 0 atom stereocenters. The van der Waals surface area contributed by atoms with Crippen LogP contribution in [0.1, 0.15) is 13.8 Å². The van der Waals surface area contributed by atoms with Crippen LogP contribution in [-0.4, -0.2) is 163 Å². The molecule has 0 heterocycles. The van der Waals surface area contributed by atoms with Crippen molar-refractivity contribution in [1.82, 2.24) is 8.61 Å². The summed E-state index contributed by atoms with van der Waals surface area (Å²) in [5, 5.41) is -7.13. The largest absolute Gasteiger partial charge is 0.460 e. The van der Waals surface area contributed by atoms with E-state index in [9.17, 15) is 171 Å². The summed E-state index contributed by atoms with van der Waals surface area (Å²) >= 11 is 3.13. The first-order valence-corrected chi connectivity index (χ1v) is 19.6. The van der Waals surface area contributed by atoms with Gasteiger partial charge in [-0.25, -0.2) is 16.8 Å². The molecule has 0 aromatic rings. The average Bonchev–Trinajstić information content (AvgIpc) is 3.15. The average molecular weight is 1170 g/mol. The molecule has 44 heteroatoms. The maximum absolute atomic E-state index is 15.0. The van der Waals surface area contributed by atoms with Crippen LogP contribution >= 0.6 is 12.6 Å². The summed E-state index contributed by atoms with van der Waals surface area (Å²) in [6.07, 6.45) is -16.4. The van der Waals surface area contributed by atoms with Gasteiger partial charge >= 0.3 is 93.9 Å². The maximum atomic E-state index is 15.0. The van der Waals surface area contributed by atoms with E-state index in [4.69, 9.17) is 0 Å². The zero-order valence-electron chi connectivity index (χ0n) is 31.8. The van der Waals surface area contributed by atoms with E-state index in [-0.39, 0.29) is 13.8 Å². The van der Waals surface area contributed by atoms with Gasteiger partial charge in [-0.3, -0.25) is 0 Å². The van der Waals surface area contributed by atoms with Gasteiger partial charge in [0.2, 0.25) is 0 Å². The summed E-state index contributed by atoms with van der Waals surface area (Å²) in [4.78, 5) is 0. The number of sulfonamides is 2. The second kappa shape index (κ2) is 18.0. The van der Waals surface area contributed by atoms with E-state index in [0.717, 1.165) is 0 Å². The normalized spacial score (nSPS) is 16.8. The molecule has 0 radical (unpaired) electrons. The number of hydrogen-bond donors (Lipinski definition) is 2. The van der Waals surface area contributed by atoms with Gasteiger partial charge in [-0.05, 0) is 0 Å². The predicted molar refractivity (Wildman–Crippen MR) is 157 cm³/mol. The zero-order chi connectivity index (χ0) is 56.9. The highest BCUT2D eigenvalue weighted by atomic mass is 32.2. The van der Waals surface area contributed by atoms with E-state index in [1.807, 2.05) is 0 Å². The molecule has 0 aliphatic rings. The molecule has 0 saturated carbocycles. The quantitative estimate of drug-likeness (QED) is 0.0742. The highest BCUT2D eigenvalue weighted by molar-refractivity contribution is 7.90. The lowest BCUT2D eigenvalue weighted by molar-refractivity contribution is -0.458. The Hall–Kier alpha value is -2.25. The maximum Gasteiger partial charge on any atom is 0.460 e. The number of aliphatic hydroxyl groups is 1. The zero-order valence-corrected chi connectivity index (χ0v) is 34.4. The van der Waals surface area contributed by atoms with Gasteiger partial charge in [0.15, 0.2) is 0 Å². The van der Waals surface area contributed by atoms with Gasteiger partial charge in [0.05, 0.1) is 6.61 Å². The predicted octanol–water partition coefficient (Wildman–Crippen LogP) is 10.1. The molecule has 416 valence electrons. The number of hydrogen-bond acceptors (Lipinski definition) is 6. The summed E-state index contributed by atoms with van der Waals surface area (Å²) in [6, 6.07) is 0. The van der Waals surface area contributed by atoms with Gasteiger partial charge in [0.1, 0.15) is 0 Å². The third kappa shape index (κ3) is 8.85. The Morgan fingerprint density at radius 1 is 0.348 bits per heavy atom. The van der Waals surface area contributed by atoms with Crippen molar-refractivity contribution < 1.29 is 171 Å². The van der Waals surface area contributed by atoms with Crippen molar-refractivity contribution in [3.05, 3.63) is 0 Å². The molecule has 1 N–H and O–H groups in total. The van der Waals surface area contributed by atoms with Crippen molar-refractivity contribution in [1.29, 1.82) is 0 Å². The molecular formula is C25H20F34N2O5S3. The first-order valence-electron chi connectivity index (χ1n) is 16.1. The smallest absolute Gasteiger partial charge is 0.396 e. The Morgan fingerprint density at radius 3 is 0.667 bits per heavy atom. The molecule has 0 unspecified atom stereocenters. The first kappa shape index (κ1) is 66.8. The highest BCUT2D eigenvalue weighted by Crippen LogP contribution is 2.67. The van der Waals surface area contributed by atoms with Crippen LogP contribution in [0.15, 0.2) is 0 Å². The van der Waals surface area contributed by atoms with Crippen LogP contribution in [-0.2, 0) is 20.0 Å². The molecule has 0 amide bonds. The molecule has 0 aromatic heterocycles. The second-order valence-electron chi connectivity index (χ2n) is 13.6. The van der Waals surface area contributed by atoms with Crippen molar-refractivity contribution in [2.75, 3.05) is 38.5 Å². The Morgan fingerprint density at radius 2 is 0.522 bits per heavy atom. The van der Waals surface area contributed by atoms with Gasteiger partial charge in [-0.1, -0.05) is 13.8 Å². The number of nitrogens with zero attached hydrogens (tertiary/aromatic N) is 2. The molecule has 0 aliphatic carbocycles. The molecule has 0 aliphatic heterocycles. The third-order valence-corrected chi connectivity index (χ3v) is 13.7. The molecule has 0 saturated heterocycles. The summed E-state index contributed by atoms with van der Waals surface area (Å²) in [5.74, 6) is -112. The van der Waals surface area contributed by atoms with E-state index in [0.29, 0.717) is 0 Å². The Bertz CT molecular complexity index is 1910. The third-order valence-electron chi connectivity index (χ3n) is 9.11. The molecule has 7 nitrogen and oxygen atoms in total. The Labute approximate surface area is 364 Å². The second-order valence-corrected chi connectivity index (χ2v) is 17.9. The fourth-order valence-electron chi connectivity index (χ4n) is 4.73. The number of halogens is 34. The SMILES string of the molecule is CCN(CC(CO)(CS)CN(CC)S(=O)(=O)C(F)(F)C(F)(F)C(F)(F)C(F)(F)C(F)(F)C(F)(F)C(F)(F)C(F)(F)F)S(=O)(=O)C(F)(F)C(F)(F)C(F)(F)C(F)(F)C(F)(F)C(F)(F)C(F)(F)C(F)(F)F. The molecule has 0 spiro atoms. The van der Waals surface area contributed by atoms with Crippen molar-refractivity contribution in [3.8, 4) is 0 Å².